The van der Waals surface area contributed by atoms with Crippen LogP contribution in [-0.2, 0) is 6.42 Å². The highest BCUT2D eigenvalue weighted by atomic mass is 14.9. The molecule has 0 fully saturated rings. The standard InChI is InChI=1S/C25H29N/c1-20(21(2)26-19-18-22-12-6-3-7-13-22)25(23-14-8-4-9-15-23)24-16-10-5-11-17-24/h3-17,20-21,25-26H,18-19H2,1-2H3/t20-,21+/m0/s1. The highest BCUT2D eigenvalue weighted by Crippen LogP contribution is 2.33. The van der Waals surface area contributed by atoms with Crippen LogP contribution in [-0.4, -0.2) is 12.6 Å². The van der Waals surface area contributed by atoms with E-state index < -0.39 is 0 Å². The Balaban J connectivity index is 1.69. The molecule has 0 saturated carbocycles. The smallest absolute Gasteiger partial charge is 0.0130 e. The van der Waals surface area contributed by atoms with Crippen LogP contribution in [0.15, 0.2) is 91.0 Å². The topological polar surface area (TPSA) is 12.0 Å². The van der Waals surface area contributed by atoms with E-state index in [0.29, 0.717) is 17.9 Å². The largest absolute Gasteiger partial charge is 0.314 e. The summed E-state index contributed by atoms with van der Waals surface area (Å²) in [5.41, 5.74) is 4.17. The third-order valence-corrected chi connectivity index (χ3v) is 5.35. The number of rotatable bonds is 8. The Morgan fingerprint density at radius 3 is 1.62 bits per heavy atom. The molecular formula is C25H29N. The molecule has 0 aromatic heterocycles. The lowest BCUT2D eigenvalue weighted by Gasteiger charge is -2.30. The lowest BCUT2D eigenvalue weighted by molar-refractivity contribution is 0.369. The van der Waals surface area contributed by atoms with E-state index >= 15 is 0 Å². The first-order valence-electron chi connectivity index (χ1n) is 9.63. The van der Waals surface area contributed by atoms with Gasteiger partial charge in [-0.15, -0.1) is 0 Å². The van der Waals surface area contributed by atoms with Gasteiger partial charge in [0.2, 0.25) is 0 Å². The summed E-state index contributed by atoms with van der Waals surface area (Å²) in [5, 5.41) is 3.75. The fourth-order valence-corrected chi connectivity index (χ4v) is 3.68. The maximum absolute atomic E-state index is 3.75. The van der Waals surface area contributed by atoms with E-state index in [1.54, 1.807) is 0 Å². The fraction of sp³-hybridized carbons (Fsp3) is 0.280. The normalized spacial score (nSPS) is 13.5. The van der Waals surface area contributed by atoms with Gasteiger partial charge in [-0.3, -0.25) is 0 Å². The quantitative estimate of drug-likeness (QED) is 0.555. The van der Waals surface area contributed by atoms with E-state index in [9.17, 15) is 0 Å². The Hall–Kier alpha value is -2.38. The van der Waals surface area contributed by atoms with Crippen LogP contribution in [0.1, 0.15) is 36.5 Å². The molecule has 0 aliphatic heterocycles. The van der Waals surface area contributed by atoms with Crippen LogP contribution in [0.2, 0.25) is 0 Å². The summed E-state index contributed by atoms with van der Waals surface area (Å²) in [6, 6.07) is 32.9. The molecule has 3 aromatic rings. The lowest BCUT2D eigenvalue weighted by atomic mass is 9.78. The second kappa shape index (κ2) is 9.35. The second-order valence-corrected chi connectivity index (χ2v) is 7.14. The summed E-state index contributed by atoms with van der Waals surface area (Å²) in [6.07, 6.45) is 1.07. The zero-order valence-corrected chi connectivity index (χ0v) is 15.8. The van der Waals surface area contributed by atoms with Crippen molar-refractivity contribution >= 4 is 0 Å². The van der Waals surface area contributed by atoms with Gasteiger partial charge in [0.15, 0.2) is 0 Å². The molecule has 134 valence electrons. The Bertz CT molecular complexity index is 712. The monoisotopic (exact) mass is 343 g/mol. The predicted octanol–water partition coefficient (Wildman–Crippen LogP) is 5.68. The van der Waals surface area contributed by atoms with Gasteiger partial charge in [-0.25, -0.2) is 0 Å². The summed E-state index contributed by atoms with van der Waals surface area (Å²) >= 11 is 0. The van der Waals surface area contributed by atoms with Crippen LogP contribution in [0.4, 0.5) is 0 Å². The summed E-state index contributed by atoms with van der Waals surface area (Å²) in [7, 11) is 0. The van der Waals surface area contributed by atoms with Crippen molar-refractivity contribution in [2.24, 2.45) is 5.92 Å². The Labute approximate surface area is 158 Å². The highest BCUT2D eigenvalue weighted by molar-refractivity contribution is 5.33. The molecule has 0 radical (unpaired) electrons. The minimum Gasteiger partial charge on any atom is -0.314 e. The van der Waals surface area contributed by atoms with E-state index in [4.69, 9.17) is 0 Å². The van der Waals surface area contributed by atoms with Crippen molar-refractivity contribution in [1.29, 1.82) is 0 Å². The van der Waals surface area contributed by atoms with Gasteiger partial charge in [-0.1, -0.05) is 97.9 Å². The minimum atomic E-state index is 0.400. The molecule has 1 heteroatoms. The van der Waals surface area contributed by atoms with Crippen molar-refractivity contribution < 1.29 is 0 Å². The van der Waals surface area contributed by atoms with Gasteiger partial charge in [-0.05, 0) is 42.5 Å². The van der Waals surface area contributed by atoms with Gasteiger partial charge in [0.05, 0.1) is 0 Å². The Morgan fingerprint density at radius 1 is 0.654 bits per heavy atom. The molecule has 0 unspecified atom stereocenters. The van der Waals surface area contributed by atoms with Crippen LogP contribution in [0.3, 0.4) is 0 Å². The fourth-order valence-electron chi connectivity index (χ4n) is 3.68. The van der Waals surface area contributed by atoms with Gasteiger partial charge in [-0.2, -0.15) is 0 Å². The second-order valence-electron chi connectivity index (χ2n) is 7.14. The molecule has 0 aliphatic rings. The number of nitrogens with one attached hydrogen (secondary N) is 1. The van der Waals surface area contributed by atoms with Crippen molar-refractivity contribution in [2.75, 3.05) is 6.54 Å². The zero-order valence-electron chi connectivity index (χ0n) is 15.8. The molecule has 0 heterocycles. The van der Waals surface area contributed by atoms with Gasteiger partial charge in [0.25, 0.3) is 0 Å². The van der Waals surface area contributed by atoms with E-state index in [0.717, 1.165) is 13.0 Å². The average molecular weight is 344 g/mol. The summed E-state index contributed by atoms with van der Waals surface area (Å²) in [4.78, 5) is 0. The molecule has 3 aromatic carbocycles. The van der Waals surface area contributed by atoms with Crippen molar-refractivity contribution in [3.8, 4) is 0 Å². The highest BCUT2D eigenvalue weighted by Gasteiger charge is 2.25. The van der Waals surface area contributed by atoms with Crippen molar-refractivity contribution in [3.63, 3.8) is 0 Å². The molecule has 1 N–H and O–H groups in total. The van der Waals surface area contributed by atoms with E-state index in [1.807, 2.05) is 0 Å². The first kappa shape index (κ1) is 18.4. The van der Waals surface area contributed by atoms with E-state index in [2.05, 4.69) is 110 Å². The van der Waals surface area contributed by atoms with Crippen LogP contribution in [0, 0.1) is 5.92 Å². The molecule has 0 spiro atoms. The molecule has 2 atom stereocenters. The molecule has 0 bridgehead atoms. The van der Waals surface area contributed by atoms with Crippen LogP contribution < -0.4 is 5.32 Å². The average Bonchev–Trinajstić information content (AvgIpc) is 2.70. The molecule has 3 rings (SSSR count). The lowest BCUT2D eigenvalue weighted by Crippen LogP contribution is -2.36. The first-order valence-corrected chi connectivity index (χ1v) is 9.63. The maximum Gasteiger partial charge on any atom is 0.0130 e. The molecule has 0 saturated heterocycles. The van der Waals surface area contributed by atoms with Crippen molar-refractivity contribution in [1.82, 2.24) is 5.32 Å². The molecular weight excluding hydrogens is 314 g/mol. The third kappa shape index (κ3) is 4.83. The van der Waals surface area contributed by atoms with E-state index in [-0.39, 0.29) is 0 Å². The maximum atomic E-state index is 3.75. The van der Waals surface area contributed by atoms with Crippen molar-refractivity contribution in [3.05, 3.63) is 108 Å². The SMILES string of the molecule is C[C@H](C(c1ccccc1)c1ccccc1)[C@@H](C)NCCc1ccccc1. The van der Waals surface area contributed by atoms with Crippen LogP contribution >= 0.6 is 0 Å². The molecule has 0 amide bonds. The van der Waals surface area contributed by atoms with Crippen molar-refractivity contribution in [2.45, 2.75) is 32.2 Å². The van der Waals surface area contributed by atoms with Gasteiger partial charge < -0.3 is 5.32 Å². The zero-order chi connectivity index (χ0) is 18.2. The molecule has 1 nitrogen and oxygen atoms in total. The van der Waals surface area contributed by atoms with Crippen LogP contribution in [0.25, 0.3) is 0 Å². The van der Waals surface area contributed by atoms with Gasteiger partial charge in [0, 0.05) is 12.0 Å². The summed E-state index contributed by atoms with van der Waals surface area (Å²) < 4.78 is 0. The number of benzene rings is 3. The Morgan fingerprint density at radius 2 is 1.12 bits per heavy atom. The number of hydrogen-bond acceptors (Lipinski definition) is 1. The van der Waals surface area contributed by atoms with Gasteiger partial charge >= 0.3 is 0 Å². The van der Waals surface area contributed by atoms with Gasteiger partial charge in [0.1, 0.15) is 0 Å². The first-order chi connectivity index (χ1) is 12.8. The van der Waals surface area contributed by atoms with E-state index in [1.165, 1.54) is 16.7 Å². The predicted molar refractivity (Wildman–Crippen MR) is 112 cm³/mol. The summed E-state index contributed by atoms with van der Waals surface area (Å²) in [6.45, 7) is 5.69. The number of hydrogen-bond donors (Lipinski definition) is 1. The minimum absolute atomic E-state index is 0.400. The molecule has 0 aliphatic carbocycles. The van der Waals surface area contributed by atoms with Crippen LogP contribution in [0.5, 0.6) is 0 Å². The third-order valence-electron chi connectivity index (χ3n) is 5.35. The summed E-state index contributed by atoms with van der Waals surface area (Å²) in [5.74, 6) is 0.896. The molecule has 26 heavy (non-hydrogen) atoms. The Kier molecular flexibility index (Phi) is 6.62.